The van der Waals surface area contributed by atoms with Crippen LogP contribution in [0.2, 0.25) is 0 Å². The molecule has 1 aromatic heterocycles. The first-order valence-electron chi connectivity index (χ1n) is 12.9. The van der Waals surface area contributed by atoms with Gasteiger partial charge in [-0.1, -0.05) is 18.2 Å². The van der Waals surface area contributed by atoms with E-state index in [-0.39, 0.29) is 17.5 Å². The Kier molecular flexibility index (Phi) is 8.52. The largest absolute Gasteiger partial charge is 0.444 e. The van der Waals surface area contributed by atoms with Gasteiger partial charge in [0.15, 0.2) is 0 Å². The van der Waals surface area contributed by atoms with Crippen LogP contribution in [0.5, 0.6) is 0 Å². The third-order valence-electron chi connectivity index (χ3n) is 6.22. The molecule has 8 heteroatoms. The summed E-state index contributed by atoms with van der Waals surface area (Å²) in [5.74, 6) is 0.677. The van der Waals surface area contributed by atoms with E-state index in [2.05, 4.69) is 31.1 Å². The number of anilines is 1. The third kappa shape index (κ3) is 7.68. The first-order valence-corrected chi connectivity index (χ1v) is 12.9. The molecule has 1 unspecified atom stereocenters. The zero-order valence-electron chi connectivity index (χ0n) is 23.4. The lowest BCUT2D eigenvalue weighted by molar-refractivity contribution is -0.00458. The van der Waals surface area contributed by atoms with Gasteiger partial charge >= 0.3 is 6.09 Å². The van der Waals surface area contributed by atoms with E-state index in [1.54, 1.807) is 30.1 Å². The Morgan fingerprint density at radius 3 is 2.24 bits per heavy atom. The lowest BCUT2D eigenvalue weighted by Crippen LogP contribution is -2.47. The maximum absolute atomic E-state index is 13.4. The number of amides is 2. The number of benzene rings is 1. The quantitative estimate of drug-likeness (QED) is 0.566. The molecule has 1 aliphatic rings. The Morgan fingerprint density at radius 2 is 1.73 bits per heavy atom. The summed E-state index contributed by atoms with van der Waals surface area (Å²) in [5.41, 5.74) is 1.51. The van der Waals surface area contributed by atoms with E-state index >= 15 is 0 Å². The molecule has 0 radical (unpaired) electrons. The molecule has 1 fully saturated rings. The van der Waals surface area contributed by atoms with Crippen LogP contribution in [0.25, 0.3) is 0 Å². The van der Waals surface area contributed by atoms with E-state index < -0.39 is 23.8 Å². The number of aliphatic hydroxyl groups is 1. The van der Waals surface area contributed by atoms with E-state index in [0.717, 1.165) is 17.8 Å². The summed E-state index contributed by atoms with van der Waals surface area (Å²) in [6.07, 6.45) is 2.32. The standard InChI is InChI=1S/C29H42N4O4/c1-28(2,3)31-24-16-13-21(18-30-24)25(34)23-15-14-22(33(23)27(36)37-29(4,5)6)17-19-9-11-20(12-10-19)26(35)32(7)8/h9-13,16,18,22-23,25,34H,14-15,17H2,1-8H3,(H,30,31)/t22?,23-,25-/m1/s1. The van der Waals surface area contributed by atoms with Crippen LogP contribution < -0.4 is 5.32 Å². The second kappa shape index (κ2) is 11.1. The van der Waals surface area contributed by atoms with Crippen LogP contribution in [-0.2, 0) is 11.2 Å². The van der Waals surface area contributed by atoms with Crippen molar-refractivity contribution in [1.82, 2.24) is 14.8 Å². The highest BCUT2D eigenvalue weighted by atomic mass is 16.6. The Labute approximate surface area is 221 Å². The molecule has 0 saturated carbocycles. The summed E-state index contributed by atoms with van der Waals surface area (Å²) >= 11 is 0. The number of rotatable bonds is 6. The fraction of sp³-hybridized carbons (Fsp3) is 0.552. The molecule has 2 amide bonds. The number of ether oxygens (including phenoxy) is 1. The molecule has 202 valence electrons. The normalized spacial score (nSPS) is 18.9. The van der Waals surface area contributed by atoms with Gasteiger partial charge in [-0.3, -0.25) is 9.69 Å². The molecule has 8 nitrogen and oxygen atoms in total. The maximum atomic E-state index is 13.4. The van der Waals surface area contributed by atoms with Crippen molar-refractivity contribution in [2.75, 3.05) is 19.4 Å². The number of likely N-dealkylation sites (tertiary alicyclic amines) is 1. The van der Waals surface area contributed by atoms with Crippen molar-refractivity contribution in [2.45, 2.75) is 90.1 Å². The van der Waals surface area contributed by atoms with Gasteiger partial charge in [0.2, 0.25) is 0 Å². The molecule has 2 N–H and O–H groups in total. The van der Waals surface area contributed by atoms with Crippen LogP contribution in [0.3, 0.4) is 0 Å². The number of aromatic nitrogens is 1. The molecule has 1 aromatic carbocycles. The number of nitrogens with zero attached hydrogens (tertiary/aromatic N) is 3. The molecule has 2 aromatic rings. The molecular weight excluding hydrogens is 468 g/mol. The highest BCUT2D eigenvalue weighted by molar-refractivity contribution is 5.93. The van der Waals surface area contributed by atoms with Gasteiger partial charge in [0.05, 0.1) is 6.04 Å². The summed E-state index contributed by atoms with van der Waals surface area (Å²) in [6, 6.07) is 10.6. The zero-order valence-corrected chi connectivity index (χ0v) is 23.4. The molecule has 1 saturated heterocycles. The van der Waals surface area contributed by atoms with Crippen LogP contribution in [0.4, 0.5) is 10.6 Å². The van der Waals surface area contributed by atoms with E-state index in [1.165, 1.54) is 0 Å². The average Bonchev–Trinajstić information content (AvgIpc) is 3.20. The van der Waals surface area contributed by atoms with Crippen LogP contribution in [0, 0.1) is 0 Å². The van der Waals surface area contributed by atoms with Crippen molar-refractivity contribution in [3.63, 3.8) is 0 Å². The highest BCUT2D eigenvalue weighted by Gasteiger charge is 2.43. The number of carbonyl (C=O) groups excluding carboxylic acids is 2. The van der Waals surface area contributed by atoms with Crippen molar-refractivity contribution in [3.05, 3.63) is 59.3 Å². The van der Waals surface area contributed by atoms with Crippen molar-refractivity contribution in [1.29, 1.82) is 0 Å². The topological polar surface area (TPSA) is 95.0 Å². The molecule has 37 heavy (non-hydrogen) atoms. The molecule has 3 atom stereocenters. The lowest BCUT2D eigenvalue weighted by Gasteiger charge is -2.35. The summed E-state index contributed by atoms with van der Waals surface area (Å²) in [6.45, 7) is 11.7. The third-order valence-corrected chi connectivity index (χ3v) is 6.22. The molecule has 2 heterocycles. The first kappa shape index (κ1) is 28.4. The molecule has 3 rings (SSSR count). The van der Waals surface area contributed by atoms with Gasteiger partial charge in [-0.15, -0.1) is 0 Å². The summed E-state index contributed by atoms with van der Waals surface area (Å²) < 4.78 is 5.76. The van der Waals surface area contributed by atoms with Gasteiger partial charge in [-0.25, -0.2) is 9.78 Å². The van der Waals surface area contributed by atoms with Crippen molar-refractivity contribution >= 4 is 17.8 Å². The Balaban J connectivity index is 1.81. The predicted octanol–water partition coefficient (Wildman–Crippen LogP) is 5.04. The van der Waals surface area contributed by atoms with Gasteiger partial charge in [-0.2, -0.15) is 0 Å². The maximum Gasteiger partial charge on any atom is 0.410 e. The number of hydrogen-bond donors (Lipinski definition) is 2. The van der Waals surface area contributed by atoms with E-state index in [4.69, 9.17) is 4.74 Å². The second-order valence-electron chi connectivity index (χ2n) is 12.1. The molecule has 1 aliphatic heterocycles. The van der Waals surface area contributed by atoms with E-state index in [9.17, 15) is 14.7 Å². The minimum Gasteiger partial charge on any atom is -0.444 e. The van der Waals surface area contributed by atoms with Gasteiger partial charge in [0.1, 0.15) is 17.5 Å². The Morgan fingerprint density at radius 1 is 1.08 bits per heavy atom. The second-order valence-corrected chi connectivity index (χ2v) is 12.1. The molecule has 0 bridgehead atoms. The number of pyridine rings is 1. The van der Waals surface area contributed by atoms with Gasteiger partial charge in [0, 0.05) is 43.0 Å². The van der Waals surface area contributed by atoms with Crippen LogP contribution in [0.1, 0.15) is 82.0 Å². The smallest absolute Gasteiger partial charge is 0.410 e. The summed E-state index contributed by atoms with van der Waals surface area (Å²) in [7, 11) is 3.45. The lowest BCUT2D eigenvalue weighted by atomic mass is 10.0. The number of hydrogen-bond acceptors (Lipinski definition) is 6. The minimum atomic E-state index is -0.895. The minimum absolute atomic E-state index is 0.0525. The van der Waals surface area contributed by atoms with E-state index in [0.29, 0.717) is 24.0 Å². The van der Waals surface area contributed by atoms with Crippen LogP contribution in [0.15, 0.2) is 42.6 Å². The SMILES string of the molecule is CN(C)C(=O)c1ccc(CC2CC[C@H]([C@H](O)c3ccc(NC(C)(C)C)nc3)N2C(=O)OC(C)(C)C)cc1. The summed E-state index contributed by atoms with van der Waals surface area (Å²) in [5, 5.41) is 14.7. The summed E-state index contributed by atoms with van der Waals surface area (Å²) in [4.78, 5) is 33.3. The number of carbonyl (C=O) groups is 2. The molecule has 0 spiro atoms. The van der Waals surface area contributed by atoms with Crippen molar-refractivity contribution < 1.29 is 19.4 Å². The van der Waals surface area contributed by atoms with Gasteiger partial charge in [-0.05, 0) is 84.6 Å². The predicted molar refractivity (Wildman–Crippen MR) is 146 cm³/mol. The van der Waals surface area contributed by atoms with Crippen molar-refractivity contribution in [3.8, 4) is 0 Å². The zero-order chi connectivity index (χ0) is 27.5. The number of aliphatic hydroxyl groups excluding tert-OH is 1. The molecular formula is C29H42N4O4. The van der Waals surface area contributed by atoms with Gasteiger partial charge < -0.3 is 20.1 Å². The monoisotopic (exact) mass is 510 g/mol. The fourth-order valence-corrected chi connectivity index (χ4v) is 4.60. The average molecular weight is 511 g/mol. The van der Waals surface area contributed by atoms with Crippen molar-refractivity contribution in [2.24, 2.45) is 0 Å². The molecule has 0 aliphatic carbocycles. The van der Waals surface area contributed by atoms with Crippen LogP contribution in [-0.4, -0.2) is 69.2 Å². The fourth-order valence-electron chi connectivity index (χ4n) is 4.60. The van der Waals surface area contributed by atoms with Crippen LogP contribution >= 0.6 is 0 Å². The number of nitrogens with one attached hydrogen (secondary N) is 1. The van der Waals surface area contributed by atoms with Gasteiger partial charge in [0.25, 0.3) is 5.91 Å². The first-order chi connectivity index (χ1) is 17.1. The Bertz CT molecular complexity index is 1070. The Hall–Kier alpha value is -3.13. The highest BCUT2D eigenvalue weighted by Crippen LogP contribution is 2.36. The van der Waals surface area contributed by atoms with E-state index in [1.807, 2.05) is 57.2 Å².